The smallest absolute Gasteiger partial charge is 0.135 e. The van der Waals surface area contributed by atoms with Gasteiger partial charge in [0.1, 0.15) is 17.0 Å². The molecule has 0 spiro atoms. The Morgan fingerprint density at radius 2 is 1.10 bits per heavy atom. The minimum absolute atomic E-state index is 0. The number of hydrogen-bond acceptors (Lipinski definition) is 5. The van der Waals surface area contributed by atoms with Gasteiger partial charge in [-0.15, -0.1) is 42.7 Å². The van der Waals surface area contributed by atoms with Gasteiger partial charge < -0.3 is 23.5 Å². The number of fused-ring (bicyclic) bond motifs is 8. The molecule has 0 saturated carbocycles. The van der Waals surface area contributed by atoms with E-state index in [9.17, 15) is 2.74 Å². The van der Waals surface area contributed by atoms with Crippen molar-refractivity contribution in [3.63, 3.8) is 0 Å². The summed E-state index contributed by atoms with van der Waals surface area (Å²) < 4.78 is 61.5. The Hall–Kier alpha value is -7.40. The molecule has 1 aliphatic rings. The van der Waals surface area contributed by atoms with Crippen molar-refractivity contribution in [2.45, 2.75) is 131 Å². The molecule has 0 N–H and O–H groups in total. The van der Waals surface area contributed by atoms with Gasteiger partial charge in [0.25, 0.3) is 0 Å². The van der Waals surface area contributed by atoms with Crippen LogP contribution in [-0.2, 0) is 48.1 Å². The largest absolute Gasteiger partial charge is 0.509 e. The second-order valence-electron chi connectivity index (χ2n) is 26.8. The zero-order chi connectivity index (χ0) is 60.8. The van der Waals surface area contributed by atoms with Crippen molar-refractivity contribution >= 4 is 66.5 Å². The summed E-state index contributed by atoms with van der Waals surface area (Å²) in [6.45, 7) is 35.1. The van der Waals surface area contributed by atoms with Crippen molar-refractivity contribution in [2.75, 3.05) is 9.80 Å². The van der Waals surface area contributed by atoms with Crippen LogP contribution < -0.4 is 14.5 Å². The molecule has 81 heavy (non-hydrogen) atoms. The molecule has 1 aliphatic heterocycles. The van der Waals surface area contributed by atoms with Crippen LogP contribution in [0.2, 0.25) is 0 Å². The molecule has 4 heterocycles. The number of benzene rings is 8. The first-order valence-electron chi connectivity index (χ1n) is 30.3. The van der Waals surface area contributed by atoms with E-state index in [1.54, 1.807) is 0 Å². The topological polar surface area (TPSA) is 46.7 Å². The number of furan rings is 1. The van der Waals surface area contributed by atoms with Gasteiger partial charge in [0.15, 0.2) is 0 Å². The molecule has 0 fully saturated rings. The Bertz CT molecular complexity index is 4480. The van der Waals surface area contributed by atoms with Gasteiger partial charge in [-0.05, 0) is 126 Å². The van der Waals surface area contributed by atoms with E-state index >= 15 is 0 Å². The number of aromatic nitrogens is 2. The van der Waals surface area contributed by atoms with Crippen molar-refractivity contribution < 1.29 is 37.1 Å². The molecule has 0 atom stereocenters. The van der Waals surface area contributed by atoms with Gasteiger partial charge >= 0.3 is 0 Å². The number of pyridine rings is 1. The fraction of sp³-hybridized carbons (Fsp3) is 0.270. The molecule has 0 radical (unpaired) electrons. The van der Waals surface area contributed by atoms with Crippen LogP contribution in [0.3, 0.4) is 0 Å². The van der Waals surface area contributed by atoms with Crippen molar-refractivity contribution in [2.24, 2.45) is 0 Å². The molecule has 12 rings (SSSR count). The Balaban J connectivity index is 0.00000768. The van der Waals surface area contributed by atoms with E-state index in [4.69, 9.17) is 18.3 Å². The standard InChI is InChI=1S/C74H73N4O2.Pt/c1-70(2,3)48-28-30-56-57-32-33-63-67(69(57)80-65(56)41-48)58-31-29-55(44-64(58)78(63)66-42-49(34-35-75-66)71(4,5)6)79-54-25-21-24-53(43-54)76-45-77(62-27-20-19-26-61(62)76)68-59(46-22-17-16-18-23-46)39-52(74(13,14)15)40-60(68)47-36-50(72(7,8)9)38-51(37-47)73(10,11)12;/h16-42,45H,1-15H3;/q-3;/i16D,17D,18D,22D,23D;. The van der Waals surface area contributed by atoms with Crippen LogP contribution in [0.4, 0.5) is 22.7 Å². The molecule has 3 aromatic heterocycles. The van der Waals surface area contributed by atoms with Crippen LogP contribution in [0, 0.1) is 18.8 Å². The quantitative estimate of drug-likeness (QED) is 0.149. The molecule has 0 aliphatic carbocycles. The average Bonchev–Trinajstić information content (AvgIpc) is 1.69. The molecule has 7 heteroatoms. The van der Waals surface area contributed by atoms with Gasteiger partial charge in [0.2, 0.25) is 0 Å². The monoisotopic (exact) mass is 1250 g/mol. The normalized spacial score (nSPS) is 14.3. The van der Waals surface area contributed by atoms with E-state index in [0.29, 0.717) is 28.4 Å². The molecule has 0 amide bonds. The molecule has 0 saturated heterocycles. The van der Waals surface area contributed by atoms with E-state index in [2.05, 4.69) is 215 Å². The minimum Gasteiger partial charge on any atom is -0.509 e. The van der Waals surface area contributed by atoms with E-state index < -0.39 is 23.5 Å². The summed E-state index contributed by atoms with van der Waals surface area (Å²) in [7, 11) is 0. The van der Waals surface area contributed by atoms with Gasteiger partial charge in [-0.25, -0.2) is 4.98 Å². The molecule has 6 nitrogen and oxygen atoms in total. The van der Waals surface area contributed by atoms with Gasteiger partial charge in [-0.3, -0.25) is 0 Å². The van der Waals surface area contributed by atoms with Gasteiger partial charge in [0.05, 0.1) is 6.85 Å². The molecule has 0 bridgehead atoms. The summed E-state index contributed by atoms with van der Waals surface area (Å²) in [6.07, 6.45) is 1.88. The second-order valence-corrected chi connectivity index (χ2v) is 26.8. The molecule has 8 aromatic carbocycles. The van der Waals surface area contributed by atoms with Crippen molar-refractivity contribution in [1.82, 2.24) is 9.55 Å². The maximum Gasteiger partial charge on any atom is 0.135 e. The van der Waals surface area contributed by atoms with E-state index in [0.717, 1.165) is 94.3 Å². The maximum absolute atomic E-state index is 9.50. The molecular formula is C74H73N4O2Pt-3. The first-order chi connectivity index (χ1) is 39.9. The Labute approximate surface area is 501 Å². The number of anilines is 4. The van der Waals surface area contributed by atoms with Gasteiger partial charge in [-0.1, -0.05) is 187 Å². The Kier molecular flexibility index (Phi) is 12.2. The van der Waals surface area contributed by atoms with Crippen molar-refractivity contribution in [3.05, 3.63) is 210 Å². The molecular weight excluding hydrogens is 1170 g/mol. The molecule has 0 unspecified atom stereocenters. The van der Waals surface area contributed by atoms with E-state index in [1.807, 2.05) is 55.3 Å². The van der Waals surface area contributed by atoms with Crippen molar-refractivity contribution in [3.8, 4) is 39.6 Å². The SMILES string of the molecule is [2H]c1c([2H])c([2H])c(-c2cc(C(C)(C)C)cc(-c3cc(C(C)(C)C)cc(C(C)(C)C)c3)c2N2[CH-]N(c3[c-]c(Oc4[c-]c5c(cc4)c4c6oc7cc(C(C)(C)C)ccc7c6ccc4n5-c4cc(C(C)(C)C)ccn4)ccc3)c3ccccc32)c([2H])c1[2H].[Pt]. The first kappa shape index (κ1) is 49.4. The fourth-order valence-electron chi connectivity index (χ4n) is 11.0. The van der Waals surface area contributed by atoms with Crippen LogP contribution in [0.5, 0.6) is 11.5 Å². The van der Waals surface area contributed by atoms with E-state index in [1.165, 1.54) is 5.56 Å². The van der Waals surface area contributed by atoms with Gasteiger partial charge in [0, 0.05) is 83.2 Å². The van der Waals surface area contributed by atoms with Crippen LogP contribution in [0.15, 0.2) is 168 Å². The van der Waals surface area contributed by atoms with Gasteiger partial charge in [-0.2, -0.15) is 12.1 Å². The minimum atomic E-state index is -0.441. The van der Waals surface area contributed by atoms with Crippen LogP contribution in [0.1, 0.15) is 139 Å². The zero-order valence-electron chi connectivity index (χ0n) is 54.2. The third kappa shape index (κ3) is 10.2. The molecule has 414 valence electrons. The van der Waals surface area contributed by atoms with Crippen molar-refractivity contribution in [1.29, 1.82) is 0 Å². The van der Waals surface area contributed by atoms with Crippen LogP contribution in [0.25, 0.3) is 71.8 Å². The number of para-hydroxylation sites is 2. The predicted octanol–water partition coefficient (Wildman–Crippen LogP) is 20.7. The summed E-state index contributed by atoms with van der Waals surface area (Å²) in [4.78, 5) is 9.17. The van der Waals surface area contributed by atoms with E-state index in [-0.39, 0.29) is 60.4 Å². The summed E-state index contributed by atoms with van der Waals surface area (Å²) in [6, 6.07) is 49.7. The summed E-state index contributed by atoms with van der Waals surface area (Å²) in [5.41, 5.74) is 13.5. The number of ether oxygens (including phenoxy) is 1. The summed E-state index contributed by atoms with van der Waals surface area (Å²) in [5.74, 6) is 1.71. The Morgan fingerprint density at radius 1 is 0.519 bits per heavy atom. The predicted molar refractivity (Wildman–Crippen MR) is 336 cm³/mol. The Morgan fingerprint density at radius 3 is 1.75 bits per heavy atom. The third-order valence-electron chi connectivity index (χ3n) is 15.8. The number of rotatable bonds is 7. The summed E-state index contributed by atoms with van der Waals surface area (Å²) in [5, 5.41) is 4.02. The van der Waals surface area contributed by atoms with Crippen LogP contribution >= 0.6 is 0 Å². The fourth-order valence-corrected chi connectivity index (χ4v) is 11.0. The maximum atomic E-state index is 9.50. The number of nitrogens with zero attached hydrogens (tertiary/aromatic N) is 4. The second kappa shape index (κ2) is 19.9. The number of hydrogen-bond donors (Lipinski definition) is 0. The molecule has 11 aromatic rings. The zero-order valence-corrected chi connectivity index (χ0v) is 51.5. The first-order valence-corrected chi connectivity index (χ1v) is 27.8. The average molecular weight is 1250 g/mol. The summed E-state index contributed by atoms with van der Waals surface area (Å²) >= 11 is 0. The van der Waals surface area contributed by atoms with Crippen LogP contribution in [-0.4, -0.2) is 9.55 Å². The third-order valence-corrected chi connectivity index (χ3v) is 15.8.